The number of aromatic nitrogens is 2. The molecular weight excluding hydrogens is 374 g/mol. The Morgan fingerprint density at radius 1 is 1.00 bits per heavy atom. The largest absolute Gasteiger partial charge is 0.496 e. The second-order valence-corrected chi connectivity index (χ2v) is 7.28. The standard InChI is InChI=1S/C21H21N3O5/c1-26-11-8-12(27-2)15-13(9-11)28-19-14(10-6-4-3-5-7-10)17(18(25)16(15)19)20-23-24-21(22)29-20/h3-9,14,16-19,25H,1-2H3,(H2,22,24)/t14-,16?,17?,18?,19?/m1/s1. The summed E-state index contributed by atoms with van der Waals surface area (Å²) in [6.07, 6.45) is -1.16. The number of benzene rings is 2. The Balaban J connectivity index is 1.66. The zero-order valence-electron chi connectivity index (χ0n) is 16.0. The van der Waals surface area contributed by atoms with Crippen LogP contribution in [0.25, 0.3) is 0 Å². The van der Waals surface area contributed by atoms with Crippen LogP contribution in [0, 0.1) is 0 Å². The van der Waals surface area contributed by atoms with Gasteiger partial charge in [-0.25, -0.2) is 0 Å². The number of hydrogen-bond donors (Lipinski definition) is 2. The highest BCUT2D eigenvalue weighted by Gasteiger charge is 2.59. The lowest BCUT2D eigenvalue weighted by atomic mass is 9.87. The van der Waals surface area contributed by atoms with Gasteiger partial charge in [-0.15, -0.1) is 5.10 Å². The molecule has 0 spiro atoms. The lowest BCUT2D eigenvalue weighted by molar-refractivity contribution is 0.125. The summed E-state index contributed by atoms with van der Waals surface area (Å²) in [6.45, 7) is 0. The predicted octanol–water partition coefficient (Wildman–Crippen LogP) is 2.46. The van der Waals surface area contributed by atoms with E-state index in [0.29, 0.717) is 23.1 Å². The average molecular weight is 395 g/mol. The molecule has 2 heterocycles. The van der Waals surface area contributed by atoms with Crippen LogP contribution in [0.5, 0.6) is 17.2 Å². The Hall–Kier alpha value is -3.26. The number of anilines is 1. The van der Waals surface area contributed by atoms with Crippen molar-refractivity contribution in [3.05, 3.63) is 59.5 Å². The van der Waals surface area contributed by atoms with Gasteiger partial charge in [0.25, 0.3) is 0 Å². The molecule has 1 aliphatic heterocycles. The molecule has 3 aromatic rings. The van der Waals surface area contributed by atoms with Crippen molar-refractivity contribution in [1.29, 1.82) is 0 Å². The van der Waals surface area contributed by atoms with E-state index in [4.69, 9.17) is 24.4 Å². The first-order valence-corrected chi connectivity index (χ1v) is 9.36. The van der Waals surface area contributed by atoms with Gasteiger partial charge in [-0.2, -0.15) is 0 Å². The molecular formula is C21H21N3O5. The molecule has 4 unspecified atom stereocenters. The third-order valence-electron chi connectivity index (χ3n) is 5.89. The highest BCUT2D eigenvalue weighted by atomic mass is 16.5. The molecule has 0 bridgehead atoms. The Kier molecular flexibility index (Phi) is 4.09. The number of nitrogens with zero attached hydrogens (tertiary/aromatic N) is 2. The highest BCUT2D eigenvalue weighted by molar-refractivity contribution is 5.58. The zero-order chi connectivity index (χ0) is 20.1. The molecule has 1 saturated carbocycles. The number of aliphatic hydroxyl groups excluding tert-OH is 1. The van der Waals surface area contributed by atoms with Crippen LogP contribution in [-0.4, -0.2) is 41.7 Å². The number of nitrogen functional groups attached to an aromatic ring is 1. The van der Waals surface area contributed by atoms with Crippen LogP contribution in [0.4, 0.5) is 6.01 Å². The Morgan fingerprint density at radius 2 is 1.79 bits per heavy atom. The summed E-state index contributed by atoms with van der Waals surface area (Å²) in [5.41, 5.74) is 7.49. The van der Waals surface area contributed by atoms with Crippen LogP contribution in [-0.2, 0) is 0 Å². The minimum absolute atomic E-state index is 0.0280. The second kappa shape index (κ2) is 6.66. The molecule has 0 radical (unpaired) electrons. The SMILES string of the molecule is COc1cc(OC)c2c(c1)OC1C2C(O)C(c2nnc(N)o2)[C@H]1c1ccccc1. The first-order chi connectivity index (χ1) is 14.1. The number of ether oxygens (including phenoxy) is 3. The van der Waals surface area contributed by atoms with Gasteiger partial charge in [-0.05, 0) is 5.56 Å². The summed E-state index contributed by atoms with van der Waals surface area (Å²) >= 11 is 0. The molecule has 5 rings (SSSR count). The summed E-state index contributed by atoms with van der Waals surface area (Å²) in [7, 11) is 3.18. The predicted molar refractivity (Wildman–Crippen MR) is 103 cm³/mol. The van der Waals surface area contributed by atoms with E-state index < -0.39 is 12.0 Å². The van der Waals surface area contributed by atoms with Gasteiger partial charge >= 0.3 is 6.01 Å². The maximum absolute atomic E-state index is 11.4. The maximum Gasteiger partial charge on any atom is 0.312 e. The molecule has 5 atom stereocenters. The van der Waals surface area contributed by atoms with E-state index in [9.17, 15) is 5.11 Å². The van der Waals surface area contributed by atoms with Crippen molar-refractivity contribution >= 4 is 6.01 Å². The molecule has 1 fully saturated rings. The van der Waals surface area contributed by atoms with Gasteiger partial charge in [-0.1, -0.05) is 35.4 Å². The summed E-state index contributed by atoms with van der Waals surface area (Å²) in [5.74, 6) is 1.21. The molecule has 8 heteroatoms. The molecule has 1 aromatic heterocycles. The Labute approximate surface area is 167 Å². The summed E-state index contributed by atoms with van der Waals surface area (Å²) in [5, 5.41) is 19.3. The normalized spacial score (nSPS) is 27.2. The lowest BCUT2D eigenvalue weighted by Gasteiger charge is -2.23. The number of rotatable bonds is 4. The number of fused-ring (bicyclic) bond motifs is 3. The van der Waals surface area contributed by atoms with Crippen LogP contribution in [0.3, 0.4) is 0 Å². The van der Waals surface area contributed by atoms with E-state index >= 15 is 0 Å². The second-order valence-electron chi connectivity index (χ2n) is 7.28. The first-order valence-electron chi connectivity index (χ1n) is 9.36. The van der Waals surface area contributed by atoms with Gasteiger partial charge in [0.2, 0.25) is 5.89 Å². The number of nitrogens with two attached hydrogens (primary N) is 1. The fourth-order valence-corrected chi connectivity index (χ4v) is 4.73. The summed E-state index contributed by atoms with van der Waals surface area (Å²) in [6, 6.07) is 13.5. The van der Waals surface area contributed by atoms with Gasteiger partial charge in [-0.3, -0.25) is 0 Å². The van der Waals surface area contributed by atoms with Crippen molar-refractivity contribution in [2.75, 3.05) is 20.0 Å². The highest BCUT2D eigenvalue weighted by Crippen LogP contribution is 2.60. The zero-order valence-corrected chi connectivity index (χ0v) is 16.0. The van der Waals surface area contributed by atoms with Crippen molar-refractivity contribution in [1.82, 2.24) is 10.2 Å². The van der Waals surface area contributed by atoms with Gasteiger partial charge < -0.3 is 29.5 Å². The maximum atomic E-state index is 11.4. The smallest absolute Gasteiger partial charge is 0.312 e. The molecule has 3 N–H and O–H groups in total. The van der Waals surface area contributed by atoms with E-state index in [1.807, 2.05) is 36.4 Å². The monoisotopic (exact) mass is 395 g/mol. The van der Waals surface area contributed by atoms with Gasteiger partial charge in [0.15, 0.2) is 0 Å². The summed E-state index contributed by atoms with van der Waals surface area (Å²) < 4.78 is 22.9. The van der Waals surface area contributed by atoms with Gasteiger partial charge in [0, 0.05) is 23.6 Å². The Morgan fingerprint density at radius 3 is 2.45 bits per heavy atom. The van der Waals surface area contributed by atoms with E-state index in [-0.39, 0.29) is 24.0 Å². The molecule has 2 aliphatic rings. The van der Waals surface area contributed by atoms with Crippen molar-refractivity contribution in [2.45, 2.75) is 30.0 Å². The summed E-state index contributed by atoms with van der Waals surface area (Å²) in [4.78, 5) is 0. The van der Waals surface area contributed by atoms with E-state index in [2.05, 4.69) is 10.2 Å². The average Bonchev–Trinajstić information content (AvgIpc) is 3.41. The van der Waals surface area contributed by atoms with Crippen molar-refractivity contribution in [3.63, 3.8) is 0 Å². The fourth-order valence-electron chi connectivity index (χ4n) is 4.73. The van der Waals surface area contributed by atoms with Crippen LogP contribution in [0.2, 0.25) is 0 Å². The fraction of sp³-hybridized carbons (Fsp3) is 0.333. The molecule has 29 heavy (non-hydrogen) atoms. The quantitative estimate of drug-likeness (QED) is 0.693. The molecule has 8 nitrogen and oxygen atoms in total. The van der Waals surface area contributed by atoms with Crippen LogP contribution < -0.4 is 19.9 Å². The third kappa shape index (κ3) is 2.63. The molecule has 0 saturated heterocycles. The lowest BCUT2D eigenvalue weighted by Crippen LogP contribution is -2.22. The van der Waals surface area contributed by atoms with Crippen molar-refractivity contribution in [3.8, 4) is 17.2 Å². The number of hydrogen-bond acceptors (Lipinski definition) is 8. The van der Waals surface area contributed by atoms with E-state index in [1.165, 1.54) is 0 Å². The molecule has 0 amide bonds. The molecule has 150 valence electrons. The van der Waals surface area contributed by atoms with Crippen LogP contribution in [0.15, 0.2) is 46.9 Å². The van der Waals surface area contributed by atoms with E-state index in [0.717, 1.165) is 11.1 Å². The first kappa shape index (κ1) is 17.8. The minimum Gasteiger partial charge on any atom is -0.496 e. The minimum atomic E-state index is -0.825. The Bertz CT molecular complexity index is 1040. The van der Waals surface area contributed by atoms with Gasteiger partial charge in [0.1, 0.15) is 23.4 Å². The van der Waals surface area contributed by atoms with Gasteiger partial charge in [0.05, 0.1) is 32.2 Å². The van der Waals surface area contributed by atoms with Crippen LogP contribution in [0.1, 0.15) is 34.8 Å². The van der Waals surface area contributed by atoms with Crippen molar-refractivity contribution < 1.29 is 23.7 Å². The molecule has 1 aliphatic carbocycles. The third-order valence-corrected chi connectivity index (χ3v) is 5.89. The van der Waals surface area contributed by atoms with E-state index in [1.54, 1.807) is 20.3 Å². The van der Waals surface area contributed by atoms with Crippen molar-refractivity contribution in [2.24, 2.45) is 0 Å². The molecule has 2 aromatic carbocycles. The van der Waals surface area contributed by atoms with Crippen LogP contribution >= 0.6 is 0 Å². The number of aliphatic hydroxyl groups is 1. The number of methoxy groups -OCH3 is 2. The topological polar surface area (TPSA) is 113 Å².